The van der Waals surface area contributed by atoms with Crippen LogP contribution in [-0.4, -0.2) is 26.9 Å². The Bertz CT molecular complexity index is 852. The van der Waals surface area contributed by atoms with Gasteiger partial charge >= 0.3 is 0 Å². The van der Waals surface area contributed by atoms with Gasteiger partial charge in [0.1, 0.15) is 10.2 Å². The minimum Gasteiger partial charge on any atom is -0.310 e. The van der Waals surface area contributed by atoms with Crippen molar-refractivity contribution in [3.63, 3.8) is 0 Å². The Hall–Kier alpha value is -2.09. The van der Waals surface area contributed by atoms with E-state index in [0.717, 1.165) is 5.56 Å². The molecule has 1 aromatic carbocycles. The first-order valence-corrected chi connectivity index (χ1v) is 9.40. The van der Waals surface area contributed by atoms with Gasteiger partial charge in [-0.15, -0.1) is 0 Å². The summed E-state index contributed by atoms with van der Waals surface area (Å²) in [5.74, 6) is 0.0612. The highest BCUT2D eigenvalue weighted by Gasteiger charge is 2.22. The molecular formula is C17H12ClN3O2S2. The minimum atomic E-state index is -0.281. The lowest BCUT2D eigenvalue weighted by Crippen LogP contribution is -2.15. The van der Waals surface area contributed by atoms with E-state index >= 15 is 0 Å². The van der Waals surface area contributed by atoms with Crippen LogP contribution in [0, 0.1) is 0 Å². The Labute approximate surface area is 158 Å². The summed E-state index contributed by atoms with van der Waals surface area (Å²) in [7, 11) is 0. The lowest BCUT2D eigenvalue weighted by atomic mass is 10.2. The Morgan fingerprint density at radius 2 is 2.04 bits per heavy atom. The largest absolute Gasteiger partial charge is 0.310 e. The van der Waals surface area contributed by atoms with Gasteiger partial charge in [0.25, 0.3) is 5.91 Å². The third kappa shape index (κ3) is 5.19. The van der Waals surface area contributed by atoms with Crippen molar-refractivity contribution in [1.29, 1.82) is 0 Å². The molecule has 1 aliphatic heterocycles. The monoisotopic (exact) mass is 389 g/mol. The van der Waals surface area contributed by atoms with Crippen molar-refractivity contribution < 1.29 is 9.59 Å². The third-order valence-electron chi connectivity index (χ3n) is 3.02. The summed E-state index contributed by atoms with van der Waals surface area (Å²) in [4.78, 5) is 32.4. The van der Waals surface area contributed by atoms with E-state index in [2.05, 4.69) is 15.3 Å². The standard InChI is InChI=1S/C17H12ClN3O2S2/c18-12-6-7-14(19-9-12)20-15(22)10-24-17-21-16(23)13(25-17)8-11-4-2-1-3-5-11/h1-9H,10H2,(H,19,20,22). The number of amides is 2. The molecule has 25 heavy (non-hydrogen) atoms. The van der Waals surface area contributed by atoms with Gasteiger partial charge in [-0.05, 0) is 23.8 Å². The first-order chi connectivity index (χ1) is 12.1. The van der Waals surface area contributed by atoms with Crippen LogP contribution in [0.3, 0.4) is 0 Å². The fourth-order valence-electron chi connectivity index (χ4n) is 1.91. The van der Waals surface area contributed by atoms with Gasteiger partial charge in [0.15, 0.2) is 0 Å². The molecule has 1 N–H and O–H groups in total. The molecule has 0 spiro atoms. The smallest absolute Gasteiger partial charge is 0.285 e. The first-order valence-electron chi connectivity index (χ1n) is 7.22. The molecule has 0 saturated carbocycles. The average Bonchev–Trinajstić information content (AvgIpc) is 2.96. The van der Waals surface area contributed by atoms with Crippen LogP contribution in [0.4, 0.5) is 5.82 Å². The predicted octanol–water partition coefficient (Wildman–Crippen LogP) is 4.08. The lowest BCUT2D eigenvalue weighted by Gasteiger charge is -2.03. The zero-order valence-electron chi connectivity index (χ0n) is 12.8. The van der Waals surface area contributed by atoms with Crippen molar-refractivity contribution >= 4 is 63.2 Å². The number of aromatic nitrogens is 1. The molecule has 2 aromatic rings. The van der Waals surface area contributed by atoms with Crippen LogP contribution < -0.4 is 5.32 Å². The molecule has 0 aliphatic carbocycles. The summed E-state index contributed by atoms with van der Waals surface area (Å²) in [6, 6.07) is 12.8. The van der Waals surface area contributed by atoms with Gasteiger partial charge in [0.05, 0.1) is 15.7 Å². The number of aliphatic imine (C=N–C) groups is 1. The molecular weight excluding hydrogens is 378 g/mol. The number of thioether (sulfide) groups is 2. The summed E-state index contributed by atoms with van der Waals surface area (Å²) >= 11 is 8.24. The fraction of sp³-hybridized carbons (Fsp3) is 0.0588. The van der Waals surface area contributed by atoms with Gasteiger partial charge in [-0.1, -0.05) is 65.5 Å². The zero-order chi connectivity index (χ0) is 17.6. The number of hydrogen-bond acceptors (Lipinski definition) is 5. The van der Waals surface area contributed by atoms with E-state index in [0.29, 0.717) is 20.1 Å². The molecule has 126 valence electrons. The van der Waals surface area contributed by atoms with Crippen molar-refractivity contribution in [2.24, 2.45) is 4.99 Å². The maximum absolute atomic E-state index is 11.9. The summed E-state index contributed by atoms with van der Waals surface area (Å²) < 4.78 is 0.561. The van der Waals surface area contributed by atoms with E-state index in [4.69, 9.17) is 11.6 Å². The number of carbonyl (C=O) groups excluding carboxylic acids is 2. The highest BCUT2D eigenvalue weighted by atomic mass is 35.5. The zero-order valence-corrected chi connectivity index (χ0v) is 15.2. The Kier molecular flexibility index (Phi) is 5.91. The van der Waals surface area contributed by atoms with Crippen molar-refractivity contribution in [3.8, 4) is 0 Å². The quantitative estimate of drug-likeness (QED) is 0.798. The summed E-state index contributed by atoms with van der Waals surface area (Å²) in [5, 5.41) is 3.16. The van der Waals surface area contributed by atoms with Gasteiger partial charge in [0, 0.05) is 6.20 Å². The topological polar surface area (TPSA) is 71.4 Å². The SMILES string of the molecule is O=C(CSC1=NC(=O)C(=Cc2ccccc2)S1)Nc1ccc(Cl)cn1. The van der Waals surface area contributed by atoms with Gasteiger partial charge in [0.2, 0.25) is 5.91 Å². The normalized spacial score (nSPS) is 15.3. The van der Waals surface area contributed by atoms with E-state index in [9.17, 15) is 9.59 Å². The van der Waals surface area contributed by atoms with Crippen molar-refractivity contribution in [2.45, 2.75) is 0 Å². The van der Waals surface area contributed by atoms with Crippen LogP contribution in [0.25, 0.3) is 6.08 Å². The Morgan fingerprint density at radius 1 is 1.24 bits per heavy atom. The third-order valence-corrected chi connectivity index (χ3v) is 5.37. The number of benzene rings is 1. The molecule has 0 bridgehead atoms. The van der Waals surface area contributed by atoms with Crippen molar-refractivity contribution in [3.05, 3.63) is 64.2 Å². The van der Waals surface area contributed by atoms with Gasteiger partial charge < -0.3 is 5.32 Å². The predicted molar refractivity (Wildman–Crippen MR) is 105 cm³/mol. The molecule has 8 heteroatoms. The van der Waals surface area contributed by atoms with Crippen LogP contribution in [0.2, 0.25) is 5.02 Å². The molecule has 1 aromatic heterocycles. The number of anilines is 1. The van der Waals surface area contributed by atoms with E-state index < -0.39 is 0 Å². The fourth-order valence-corrected chi connectivity index (χ4v) is 3.82. The maximum Gasteiger partial charge on any atom is 0.285 e. The van der Waals surface area contributed by atoms with E-state index in [1.165, 1.54) is 29.7 Å². The van der Waals surface area contributed by atoms with Crippen molar-refractivity contribution in [2.75, 3.05) is 11.1 Å². The van der Waals surface area contributed by atoms with Crippen LogP contribution in [-0.2, 0) is 9.59 Å². The number of rotatable bonds is 4. The Morgan fingerprint density at radius 3 is 2.76 bits per heavy atom. The molecule has 0 fully saturated rings. The highest BCUT2D eigenvalue weighted by Crippen LogP contribution is 2.33. The van der Waals surface area contributed by atoms with Crippen LogP contribution in [0.5, 0.6) is 0 Å². The van der Waals surface area contributed by atoms with Gasteiger partial charge in [-0.2, -0.15) is 4.99 Å². The second-order valence-electron chi connectivity index (χ2n) is 4.90. The summed E-state index contributed by atoms with van der Waals surface area (Å²) in [6.07, 6.45) is 3.25. The molecule has 5 nitrogen and oxygen atoms in total. The maximum atomic E-state index is 11.9. The molecule has 0 unspecified atom stereocenters. The second-order valence-corrected chi connectivity index (χ2v) is 7.59. The summed E-state index contributed by atoms with van der Waals surface area (Å²) in [5.41, 5.74) is 0.936. The Balaban J connectivity index is 1.53. The minimum absolute atomic E-state index is 0.141. The molecule has 1 aliphatic rings. The van der Waals surface area contributed by atoms with Crippen LogP contribution >= 0.6 is 35.1 Å². The number of halogens is 1. The van der Waals surface area contributed by atoms with Gasteiger partial charge in [-0.3, -0.25) is 9.59 Å². The van der Waals surface area contributed by atoms with Crippen molar-refractivity contribution in [1.82, 2.24) is 4.98 Å². The van der Waals surface area contributed by atoms with E-state index in [1.807, 2.05) is 30.3 Å². The lowest BCUT2D eigenvalue weighted by molar-refractivity contribution is -0.114. The average molecular weight is 390 g/mol. The summed E-state index contributed by atoms with van der Waals surface area (Å²) in [6.45, 7) is 0. The van der Waals surface area contributed by atoms with Crippen LogP contribution in [0.15, 0.2) is 58.6 Å². The number of nitrogens with zero attached hydrogens (tertiary/aromatic N) is 2. The molecule has 0 atom stereocenters. The van der Waals surface area contributed by atoms with E-state index in [1.54, 1.807) is 18.2 Å². The number of nitrogens with one attached hydrogen (secondary N) is 1. The van der Waals surface area contributed by atoms with Crippen LogP contribution in [0.1, 0.15) is 5.56 Å². The highest BCUT2D eigenvalue weighted by molar-refractivity contribution is 8.41. The molecule has 3 rings (SSSR count). The molecule has 2 heterocycles. The first kappa shape index (κ1) is 17.7. The van der Waals surface area contributed by atoms with Gasteiger partial charge in [-0.25, -0.2) is 4.98 Å². The number of carbonyl (C=O) groups is 2. The number of pyridine rings is 1. The second kappa shape index (κ2) is 8.33. The molecule has 2 amide bonds. The molecule has 0 radical (unpaired) electrons. The number of hydrogen-bond donors (Lipinski definition) is 1. The molecule has 0 saturated heterocycles. The van der Waals surface area contributed by atoms with E-state index in [-0.39, 0.29) is 17.6 Å².